The lowest BCUT2D eigenvalue weighted by Gasteiger charge is -2.09. The Balaban J connectivity index is 2.14. The monoisotopic (exact) mass is 383 g/mol. The highest BCUT2D eigenvalue weighted by molar-refractivity contribution is 7.92. The zero-order chi connectivity index (χ0) is 18.7. The Kier molecular flexibility index (Phi) is 5.45. The van der Waals surface area contributed by atoms with Gasteiger partial charge in [-0.2, -0.15) is 0 Å². The summed E-state index contributed by atoms with van der Waals surface area (Å²) in [6.45, 7) is 1.35. The number of benzene rings is 2. The topological polar surface area (TPSA) is 135 Å². The van der Waals surface area contributed by atoms with Gasteiger partial charge in [-0.25, -0.2) is 22.0 Å². The summed E-state index contributed by atoms with van der Waals surface area (Å²) in [5.74, 6) is -0.585. The second kappa shape index (κ2) is 7.21. The fourth-order valence-electron chi connectivity index (χ4n) is 2.04. The second-order valence-electron chi connectivity index (χ2n) is 5.32. The van der Waals surface area contributed by atoms with Gasteiger partial charge in [0.25, 0.3) is 10.0 Å². The number of nitrogens with two attached hydrogens (primary N) is 1. The van der Waals surface area contributed by atoms with E-state index in [1.165, 1.54) is 55.5 Å². The molecular weight excluding hydrogens is 366 g/mol. The van der Waals surface area contributed by atoms with E-state index in [2.05, 4.69) is 10.0 Å². The number of sulfonamides is 2. The summed E-state index contributed by atoms with van der Waals surface area (Å²) in [6, 6.07) is 11.5. The van der Waals surface area contributed by atoms with Gasteiger partial charge in [0.15, 0.2) is 0 Å². The molecule has 0 saturated heterocycles. The molecule has 0 aromatic heterocycles. The molecule has 0 aliphatic carbocycles. The number of carbonyl (C=O) groups is 1. The maximum atomic E-state index is 12.3. The van der Waals surface area contributed by atoms with Gasteiger partial charge in [0.1, 0.15) is 0 Å². The molecule has 8 nitrogen and oxygen atoms in total. The van der Waals surface area contributed by atoms with Crippen molar-refractivity contribution in [2.24, 2.45) is 5.14 Å². The van der Waals surface area contributed by atoms with Gasteiger partial charge in [0, 0.05) is 18.3 Å². The minimum atomic E-state index is -3.81. The Labute approximate surface area is 146 Å². The Morgan fingerprint density at radius 1 is 0.920 bits per heavy atom. The first-order valence-corrected chi connectivity index (χ1v) is 10.2. The summed E-state index contributed by atoms with van der Waals surface area (Å²) in [5, 5.41) is 7.50. The van der Waals surface area contributed by atoms with E-state index in [1.54, 1.807) is 0 Å². The summed E-state index contributed by atoms with van der Waals surface area (Å²) in [7, 11) is -7.46. The molecule has 2 rings (SSSR count). The predicted molar refractivity (Wildman–Crippen MR) is 94.8 cm³/mol. The van der Waals surface area contributed by atoms with Crippen molar-refractivity contribution in [2.75, 3.05) is 10.0 Å². The minimum absolute atomic E-state index is 0.0233. The Morgan fingerprint density at radius 3 is 1.92 bits per heavy atom. The maximum absolute atomic E-state index is 12.3. The van der Waals surface area contributed by atoms with Crippen LogP contribution in [0.3, 0.4) is 0 Å². The van der Waals surface area contributed by atoms with Gasteiger partial charge in [-0.05, 0) is 42.0 Å². The third-order valence-corrected chi connectivity index (χ3v) is 5.19. The molecule has 4 N–H and O–H groups in total. The number of rotatable bonds is 6. The number of carbonyl (C=O) groups excluding carboxylic acids is 1. The number of nitrogens with one attached hydrogen (secondary N) is 2. The lowest BCUT2D eigenvalue weighted by molar-refractivity contribution is -0.114. The Bertz CT molecular complexity index is 967. The zero-order valence-electron chi connectivity index (χ0n) is 13.3. The second-order valence-corrected chi connectivity index (χ2v) is 8.61. The van der Waals surface area contributed by atoms with Gasteiger partial charge >= 0.3 is 0 Å². The lowest BCUT2D eigenvalue weighted by atomic mass is 10.2. The highest BCUT2D eigenvalue weighted by Gasteiger charge is 2.14. The molecular formula is C15H17N3O5S2. The van der Waals surface area contributed by atoms with Crippen molar-refractivity contribution >= 4 is 37.3 Å². The Morgan fingerprint density at radius 2 is 1.44 bits per heavy atom. The molecule has 0 bridgehead atoms. The first kappa shape index (κ1) is 18.9. The van der Waals surface area contributed by atoms with Crippen molar-refractivity contribution in [1.82, 2.24) is 0 Å². The molecule has 0 aliphatic rings. The third-order valence-electron chi connectivity index (χ3n) is 3.06. The van der Waals surface area contributed by atoms with Crippen LogP contribution in [-0.4, -0.2) is 22.7 Å². The van der Waals surface area contributed by atoms with Crippen molar-refractivity contribution in [1.29, 1.82) is 0 Å². The molecule has 2 aromatic carbocycles. The standard InChI is InChI=1S/C15H17N3O5S2/c1-11(19)17-13-6-8-15(9-7-13)25(22,23)18-14-4-2-12(3-5-14)10-24(16,20)21/h2-9,18H,10H2,1H3,(H,17,19)(H2,16,20,21). The zero-order valence-corrected chi connectivity index (χ0v) is 14.9. The maximum Gasteiger partial charge on any atom is 0.261 e. The summed E-state index contributed by atoms with van der Waals surface area (Å²) in [6.07, 6.45) is 0. The summed E-state index contributed by atoms with van der Waals surface area (Å²) in [4.78, 5) is 11.0. The fourth-order valence-corrected chi connectivity index (χ4v) is 3.75. The van der Waals surface area contributed by atoms with Crippen LogP contribution in [0, 0.1) is 0 Å². The molecule has 0 radical (unpaired) electrons. The minimum Gasteiger partial charge on any atom is -0.326 e. The van der Waals surface area contributed by atoms with E-state index in [4.69, 9.17) is 5.14 Å². The van der Waals surface area contributed by atoms with Crippen LogP contribution >= 0.6 is 0 Å². The molecule has 0 atom stereocenters. The van der Waals surface area contributed by atoms with Crippen molar-refractivity contribution in [3.63, 3.8) is 0 Å². The van der Waals surface area contributed by atoms with E-state index >= 15 is 0 Å². The molecule has 0 unspecified atom stereocenters. The van der Waals surface area contributed by atoms with Crippen molar-refractivity contribution in [3.8, 4) is 0 Å². The fraction of sp³-hybridized carbons (Fsp3) is 0.133. The van der Waals surface area contributed by atoms with Crippen molar-refractivity contribution in [3.05, 3.63) is 54.1 Å². The van der Waals surface area contributed by atoms with E-state index in [9.17, 15) is 21.6 Å². The molecule has 134 valence electrons. The van der Waals surface area contributed by atoms with Crippen LogP contribution in [0.4, 0.5) is 11.4 Å². The number of primary sulfonamides is 1. The van der Waals surface area contributed by atoms with Gasteiger partial charge in [-0.15, -0.1) is 0 Å². The van der Waals surface area contributed by atoms with Crippen LogP contribution in [0.5, 0.6) is 0 Å². The van der Waals surface area contributed by atoms with E-state index in [0.29, 0.717) is 11.3 Å². The quantitative estimate of drug-likeness (QED) is 0.689. The van der Waals surface area contributed by atoms with Gasteiger partial charge in [0.2, 0.25) is 15.9 Å². The van der Waals surface area contributed by atoms with Crippen LogP contribution in [0.25, 0.3) is 0 Å². The molecule has 0 spiro atoms. The van der Waals surface area contributed by atoms with Crippen LogP contribution in [-0.2, 0) is 30.6 Å². The highest BCUT2D eigenvalue weighted by Crippen LogP contribution is 2.19. The van der Waals surface area contributed by atoms with Gasteiger partial charge < -0.3 is 5.32 Å². The molecule has 2 aromatic rings. The van der Waals surface area contributed by atoms with Crippen LogP contribution in [0.15, 0.2) is 53.4 Å². The largest absolute Gasteiger partial charge is 0.326 e. The number of hydrogen-bond donors (Lipinski definition) is 3. The van der Waals surface area contributed by atoms with E-state index in [0.717, 1.165) is 0 Å². The number of amides is 1. The van der Waals surface area contributed by atoms with Crippen LogP contribution < -0.4 is 15.2 Å². The molecule has 25 heavy (non-hydrogen) atoms. The summed E-state index contributed by atoms with van der Waals surface area (Å²) < 4.78 is 49.1. The van der Waals surface area contributed by atoms with E-state index in [-0.39, 0.29) is 22.2 Å². The van der Waals surface area contributed by atoms with E-state index in [1.807, 2.05) is 0 Å². The van der Waals surface area contributed by atoms with Gasteiger partial charge in [-0.1, -0.05) is 12.1 Å². The number of hydrogen-bond acceptors (Lipinski definition) is 5. The van der Waals surface area contributed by atoms with Crippen LogP contribution in [0.2, 0.25) is 0 Å². The number of anilines is 2. The average Bonchev–Trinajstić information content (AvgIpc) is 2.47. The summed E-state index contributed by atoms with van der Waals surface area (Å²) in [5.41, 5.74) is 1.22. The molecule has 1 amide bonds. The normalized spacial score (nSPS) is 11.8. The average molecular weight is 383 g/mol. The molecule has 0 fully saturated rings. The molecule has 10 heteroatoms. The molecule has 0 saturated carbocycles. The lowest BCUT2D eigenvalue weighted by Crippen LogP contribution is -2.15. The molecule has 0 heterocycles. The summed E-state index contributed by atoms with van der Waals surface area (Å²) >= 11 is 0. The molecule has 0 aliphatic heterocycles. The third kappa shape index (κ3) is 5.85. The van der Waals surface area contributed by atoms with Gasteiger partial charge in [0.05, 0.1) is 10.6 Å². The smallest absolute Gasteiger partial charge is 0.261 e. The highest BCUT2D eigenvalue weighted by atomic mass is 32.2. The first-order valence-electron chi connectivity index (χ1n) is 7.05. The first-order chi connectivity index (χ1) is 11.5. The van der Waals surface area contributed by atoms with E-state index < -0.39 is 20.0 Å². The van der Waals surface area contributed by atoms with Crippen molar-refractivity contribution < 1.29 is 21.6 Å². The van der Waals surface area contributed by atoms with Gasteiger partial charge in [-0.3, -0.25) is 9.52 Å². The Hall–Kier alpha value is -2.43. The SMILES string of the molecule is CC(=O)Nc1ccc(S(=O)(=O)Nc2ccc(CS(N)(=O)=O)cc2)cc1. The van der Waals surface area contributed by atoms with Crippen molar-refractivity contribution in [2.45, 2.75) is 17.6 Å². The predicted octanol–water partition coefficient (Wildman–Crippen LogP) is 1.23. The van der Waals surface area contributed by atoms with Crippen LogP contribution in [0.1, 0.15) is 12.5 Å².